The summed E-state index contributed by atoms with van der Waals surface area (Å²) in [6, 6.07) is 6.54. The molecule has 0 unspecified atom stereocenters. The van der Waals surface area contributed by atoms with Gasteiger partial charge in [0.15, 0.2) is 11.4 Å². The first-order valence-electron chi connectivity index (χ1n) is 10.8. The molecule has 0 aliphatic rings. The van der Waals surface area contributed by atoms with E-state index in [1.807, 2.05) is 23.6 Å². The number of hydrogen-bond donors (Lipinski definition) is 0. The van der Waals surface area contributed by atoms with Crippen molar-refractivity contribution in [3.8, 4) is 11.1 Å². The third kappa shape index (κ3) is 2.95. The SMILES string of the molecule is CCC(CC)n1ccc2c(C)nc3c(-c4c(C)cc(C(C)=O)cc4C)c(C)nn3c21. The quantitative estimate of drug-likeness (QED) is 0.376. The number of Topliss-reactive ketones (excluding diaryl/α,β-unsaturated/α-hetero) is 1. The molecule has 0 bridgehead atoms. The van der Waals surface area contributed by atoms with Crippen LogP contribution in [0.1, 0.15) is 72.5 Å². The third-order valence-corrected chi connectivity index (χ3v) is 6.31. The van der Waals surface area contributed by atoms with Gasteiger partial charge < -0.3 is 4.57 Å². The van der Waals surface area contributed by atoms with Crippen molar-refractivity contribution in [2.45, 2.75) is 67.3 Å². The molecule has 1 aromatic carbocycles. The van der Waals surface area contributed by atoms with Crippen LogP contribution in [0.3, 0.4) is 0 Å². The van der Waals surface area contributed by atoms with Crippen LogP contribution in [0.5, 0.6) is 0 Å². The number of benzene rings is 1. The van der Waals surface area contributed by atoms with Crippen LogP contribution in [0.15, 0.2) is 24.4 Å². The van der Waals surface area contributed by atoms with E-state index in [9.17, 15) is 4.79 Å². The second-order valence-electron chi connectivity index (χ2n) is 8.36. The van der Waals surface area contributed by atoms with Crippen molar-refractivity contribution in [1.82, 2.24) is 19.2 Å². The molecule has 0 fully saturated rings. The fraction of sp³-hybridized carbons (Fsp3) is 0.400. The van der Waals surface area contributed by atoms with Gasteiger partial charge >= 0.3 is 0 Å². The van der Waals surface area contributed by atoms with E-state index in [2.05, 4.69) is 51.4 Å². The van der Waals surface area contributed by atoms with Crippen LogP contribution in [-0.2, 0) is 0 Å². The van der Waals surface area contributed by atoms with Gasteiger partial charge in [-0.2, -0.15) is 9.61 Å². The van der Waals surface area contributed by atoms with E-state index in [4.69, 9.17) is 10.1 Å². The first kappa shape index (κ1) is 20.3. The lowest BCUT2D eigenvalue weighted by atomic mass is 9.92. The van der Waals surface area contributed by atoms with Gasteiger partial charge in [0.2, 0.25) is 0 Å². The maximum absolute atomic E-state index is 11.9. The van der Waals surface area contributed by atoms with E-state index in [1.54, 1.807) is 6.92 Å². The summed E-state index contributed by atoms with van der Waals surface area (Å²) < 4.78 is 4.37. The van der Waals surface area contributed by atoms with Crippen molar-refractivity contribution < 1.29 is 4.79 Å². The van der Waals surface area contributed by atoms with Gasteiger partial charge in [-0.05, 0) is 82.3 Å². The second-order valence-corrected chi connectivity index (χ2v) is 8.36. The molecule has 4 rings (SSSR count). The first-order valence-corrected chi connectivity index (χ1v) is 10.8. The van der Waals surface area contributed by atoms with Gasteiger partial charge in [-0.3, -0.25) is 4.79 Å². The van der Waals surface area contributed by atoms with Crippen molar-refractivity contribution >= 4 is 22.5 Å². The summed E-state index contributed by atoms with van der Waals surface area (Å²) in [6.45, 7) is 14.3. The summed E-state index contributed by atoms with van der Waals surface area (Å²) >= 11 is 0. The van der Waals surface area contributed by atoms with Crippen LogP contribution in [0.4, 0.5) is 0 Å². The zero-order valence-corrected chi connectivity index (χ0v) is 19.0. The third-order valence-electron chi connectivity index (χ3n) is 6.31. The van der Waals surface area contributed by atoms with E-state index >= 15 is 0 Å². The molecule has 5 heteroatoms. The lowest BCUT2D eigenvalue weighted by Gasteiger charge is -2.17. The number of rotatable bonds is 5. The average molecular weight is 403 g/mol. The van der Waals surface area contributed by atoms with Crippen LogP contribution in [0, 0.1) is 27.7 Å². The Morgan fingerprint density at radius 1 is 1.00 bits per heavy atom. The Bertz CT molecular complexity index is 1260. The van der Waals surface area contributed by atoms with Crippen LogP contribution >= 0.6 is 0 Å². The van der Waals surface area contributed by atoms with Crippen molar-refractivity contribution in [3.63, 3.8) is 0 Å². The molecular weight excluding hydrogens is 372 g/mol. The Kier molecular flexibility index (Phi) is 5.00. The van der Waals surface area contributed by atoms with E-state index in [0.717, 1.165) is 68.7 Å². The summed E-state index contributed by atoms with van der Waals surface area (Å²) in [4.78, 5) is 16.9. The highest BCUT2D eigenvalue weighted by Crippen LogP contribution is 2.36. The van der Waals surface area contributed by atoms with Crippen molar-refractivity contribution in [1.29, 1.82) is 0 Å². The number of carbonyl (C=O) groups is 1. The Balaban J connectivity index is 2.08. The number of fused-ring (bicyclic) bond motifs is 3. The molecule has 0 atom stereocenters. The molecule has 0 saturated carbocycles. The predicted octanol–water partition coefficient (Wildman–Crippen LogP) is 6.15. The summed E-state index contributed by atoms with van der Waals surface area (Å²) in [6.07, 6.45) is 4.31. The molecule has 4 aromatic rings. The Hall–Kier alpha value is -2.95. The average Bonchev–Trinajstić information content (AvgIpc) is 3.25. The van der Waals surface area contributed by atoms with Gasteiger partial charge in [0, 0.05) is 23.2 Å². The first-order chi connectivity index (χ1) is 14.3. The van der Waals surface area contributed by atoms with Crippen LogP contribution < -0.4 is 0 Å². The molecule has 0 aliphatic carbocycles. The normalized spacial score (nSPS) is 11.9. The number of hydrogen-bond acceptors (Lipinski definition) is 3. The molecular formula is C25H30N4O. The number of nitrogens with zero attached hydrogens (tertiary/aromatic N) is 4. The van der Waals surface area contributed by atoms with Gasteiger partial charge in [-0.1, -0.05) is 13.8 Å². The molecule has 0 aliphatic heterocycles. The molecule has 5 nitrogen and oxygen atoms in total. The standard InChI is InChI=1S/C25H30N4O/c1-8-20(9-2)28-11-10-21-16(5)26-24-23(17(6)27-29(24)25(21)28)22-14(3)12-19(18(7)30)13-15(22)4/h10-13,20H,8-9H2,1-7H3. The molecule has 0 radical (unpaired) electrons. The zero-order chi connectivity index (χ0) is 21.7. The van der Waals surface area contributed by atoms with Gasteiger partial charge in [0.1, 0.15) is 5.65 Å². The van der Waals surface area contributed by atoms with Gasteiger partial charge in [0.05, 0.1) is 17.0 Å². The highest BCUT2D eigenvalue weighted by atomic mass is 16.1. The van der Waals surface area contributed by atoms with E-state index in [0.29, 0.717) is 6.04 Å². The lowest BCUT2D eigenvalue weighted by Crippen LogP contribution is -2.09. The number of ketones is 1. The minimum absolute atomic E-state index is 0.0861. The van der Waals surface area contributed by atoms with Crippen molar-refractivity contribution in [2.24, 2.45) is 0 Å². The molecule has 0 saturated heterocycles. The molecule has 0 amide bonds. The van der Waals surface area contributed by atoms with E-state index in [-0.39, 0.29) is 5.78 Å². The van der Waals surface area contributed by atoms with Crippen molar-refractivity contribution in [3.05, 3.63) is 52.5 Å². The summed E-state index contributed by atoms with van der Waals surface area (Å²) in [5, 5.41) is 6.09. The van der Waals surface area contributed by atoms with E-state index in [1.165, 1.54) is 0 Å². The number of carbonyl (C=O) groups excluding carboxylic acids is 1. The van der Waals surface area contributed by atoms with Crippen LogP contribution in [0.2, 0.25) is 0 Å². The maximum atomic E-state index is 11.9. The Morgan fingerprint density at radius 2 is 1.63 bits per heavy atom. The fourth-order valence-corrected chi connectivity index (χ4v) is 4.76. The predicted molar refractivity (Wildman–Crippen MR) is 122 cm³/mol. The Morgan fingerprint density at radius 3 is 2.20 bits per heavy atom. The van der Waals surface area contributed by atoms with Gasteiger partial charge in [-0.25, -0.2) is 4.98 Å². The smallest absolute Gasteiger partial charge is 0.165 e. The molecule has 0 spiro atoms. The monoisotopic (exact) mass is 402 g/mol. The highest BCUT2D eigenvalue weighted by molar-refractivity contribution is 5.96. The minimum Gasteiger partial charge on any atom is -0.329 e. The maximum Gasteiger partial charge on any atom is 0.165 e. The molecule has 156 valence electrons. The lowest BCUT2D eigenvalue weighted by molar-refractivity contribution is 0.101. The number of aromatic nitrogens is 4. The fourth-order valence-electron chi connectivity index (χ4n) is 4.76. The minimum atomic E-state index is 0.0861. The zero-order valence-electron chi connectivity index (χ0n) is 19.0. The highest BCUT2D eigenvalue weighted by Gasteiger charge is 2.22. The van der Waals surface area contributed by atoms with Gasteiger partial charge in [-0.15, -0.1) is 0 Å². The molecule has 0 N–H and O–H groups in total. The number of aryl methyl sites for hydroxylation is 4. The summed E-state index contributed by atoms with van der Waals surface area (Å²) in [5.74, 6) is 0.0861. The molecule has 3 heterocycles. The topological polar surface area (TPSA) is 52.2 Å². The van der Waals surface area contributed by atoms with Crippen LogP contribution in [-0.4, -0.2) is 24.9 Å². The van der Waals surface area contributed by atoms with Gasteiger partial charge in [0.25, 0.3) is 0 Å². The molecule has 30 heavy (non-hydrogen) atoms. The second kappa shape index (κ2) is 7.38. The largest absolute Gasteiger partial charge is 0.329 e. The van der Waals surface area contributed by atoms with E-state index < -0.39 is 0 Å². The summed E-state index contributed by atoms with van der Waals surface area (Å²) in [5.41, 5.74) is 9.04. The summed E-state index contributed by atoms with van der Waals surface area (Å²) in [7, 11) is 0. The van der Waals surface area contributed by atoms with Crippen molar-refractivity contribution in [2.75, 3.05) is 0 Å². The molecule has 3 aromatic heterocycles. The van der Waals surface area contributed by atoms with Crippen LogP contribution in [0.25, 0.3) is 27.8 Å². The Labute approximate surface area is 177 Å².